The normalized spacial score (nSPS) is 20.4. The predicted octanol–water partition coefficient (Wildman–Crippen LogP) is 4.56. The molecule has 2 aromatic carbocycles. The van der Waals surface area contributed by atoms with Gasteiger partial charge in [0.05, 0.1) is 5.92 Å². The van der Waals surface area contributed by atoms with Crippen molar-refractivity contribution in [1.82, 2.24) is 10.6 Å². The van der Waals surface area contributed by atoms with E-state index in [4.69, 9.17) is 4.74 Å². The number of hydrogen-bond acceptors (Lipinski definition) is 4. The molecule has 2 aromatic rings. The third-order valence-electron chi connectivity index (χ3n) is 7.63. The van der Waals surface area contributed by atoms with Gasteiger partial charge in [-0.2, -0.15) is 0 Å². The number of carboxylic acids is 1. The zero-order valence-electron chi connectivity index (χ0n) is 20.3. The molecule has 0 spiro atoms. The molecular formula is C28H34N2O5. The molecule has 0 bridgehead atoms. The molecule has 3 N–H and O–H groups in total. The summed E-state index contributed by atoms with van der Waals surface area (Å²) in [5.41, 5.74) is 4.56. The molecule has 7 nitrogen and oxygen atoms in total. The van der Waals surface area contributed by atoms with E-state index in [-0.39, 0.29) is 30.3 Å². The fourth-order valence-electron chi connectivity index (χ4n) is 5.42. The fourth-order valence-corrected chi connectivity index (χ4v) is 5.42. The Balaban J connectivity index is 1.37. The molecule has 1 saturated carbocycles. The van der Waals surface area contributed by atoms with Gasteiger partial charge in [-0.05, 0) is 46.9 Å². The maximum Gasteiger partial charge on any atom is 0.407 e. The molecule has 0 aromatic heterocycles. The number of aliphatic carboxylic acids is 1. The Kier molecular flexibility index (Phi) is 7.73. The van der Waals surface area contributed by atoms with Crippen LogP contribution >= 0.6 is 0 Å². The van der Waals surface area contributed by atoms with Crippen molar-refractivity contribution >= 4 is 18.0 Å². The molecule has 4 atom stereocenters. The number of rotatable bonds is 9. The third-order valence-corrected chi connectivity index (χ3v) is 7.63. The summed E-state index contributed by atoms with van der Waals surface area (Å²) in [5, 5.41) is 15.0. The van der Waals surface area contributed by atoms with E-state index in [1.165, 1.54) is 0 Å². The summed E-state index contributed by atoms with van der Waals surface area (Å²) in [4.78, 5) is 37.2. The summed E-state index contributed by atoms with van der Waals surface area (Å²) in [6.07, 6.45) is 2.34. The lowest BCUT2D eigenvalue weighted by Crippen LogP contribution is -2.51. The number of carbonyl (C=O) groups is 3. The zero-order valence-corrected chi connectivity index (χ0v) is 20.3. The summed E-state index contributed by atoms with van der Waals surface area (Å²) < 4.78 is 5.63. The first-order valence-electron chi connectivity index (χ1n) is 12.5. The van der Waals surface area contributed by atoms with Gasteiger partial charge in [-0.1, -0.05) is 75.2 Å². The van der Waals surface area contributed by atoms with Crippen molar-refractivity contribution in [2.24, 2.45) is 17.8 Å². The summed E-state index contributed by atoms with van der Waals surface area (Å²) >= 11 is 0. The largest absolute Gasteiger partial charge is 0.481 e. The average Bonchev–Trinajstić information content (AvgIpc) is 3.47. The second-order valence-corrected chi connectivity index (χ2v) is 9.71. The highest BCUT2D eigenvalue weighted by Crippen LogP contribution is 2.44. The number of alkyl carbamates (subject to hydrolysis) is 1. The molecule has 0 aliphatic heterocycles. The Bertz CT molecular complexity index is 1040. The monoisotopic (exact) mass is 478 g/mol. The van der Waals surface area contributed by atoms with Crippen LogP contribution in [0.4, 0.5) is 4.79 Å². The van der Waals surface area contributed by atoms with E-state index in [1.807, 2.05) is 38.1 Å². The molecule has 0 radical (unpaired) electrons. The molecule has 186 valence electrons. The number of carbonyl (C=O) groups excluding carboxylic acids is 2. The third kappa shape index (κ3) is 5.34. The topological polar surface area (TPSA) is 105 Å². The van der Waals surface area contributed by atoms with Crippen molar-refractivity contribution < 1.29 is 24.2 Å². The van der Waals surface area contributed by atoms with Gasteiger partial charge in [-0.25, -0.2) is 4.79 Å². The van der Waals surface area contributed by atoms with E-state index in [0.717, 1.165) is 35.1 Å². The van der Waals surface area contributed by atoms with E-state index in [2.05, 4.69) is 34.9 Å². The first kappa shape index (κ1) is 24.8. The van der Waals surface area contributed by atoms with Gasteiger partial charge in [0.25, 0.3) is 0 Å². The minimum atomic E-state index is -0.808. The molecule has 0 unspecified atom stereocenters. The van der Waals surface area contributed by atoms with Crippen LogP contribution in [-0.2, 0) is 14.3 Å². The van der Waals surface area contributed by atoms with Gasteiger partial charge < -0.3 is 20.5 Å². The lowest BCUT2D eigenvalue weighted by Gasteiger charge is -2.25. The molecule has 35 heavy (non-hydrogen) atoms. The first-order valence-corrected chi connectivity index (χ1v) is 12.5. The van der Waals surface area contributed by atoms with Crippen LogP contribution in [0.25, 0.3) is 11.1 Å². The van der Waals surface area contributed by atoms with Gasteiger partial charge in [0.15, 0.2) is 0 Å². The van der Waals surface area contributed by atoms with Gasteiger partial charge >= 0.3 is 12.1 Å². The molecule has 0 saturated heterocycles. The van der Waals surface area contributed by atoms with Crippen LogP contribution in [0.5, 0.6) is 0 Å². The van der Waals surface area contributed by atoms with Crippen LogP contribution in [0.3, 0.4) is 0 Å². The Morgan fingerprint density at radius 2 is 1.66 bits per heavy atom. The van der Waals surface area contributed by atoms with Crippen molar-refractivity contribution in [3.8, 4) is 11.1 Å². The molecule has 7 heteroatoms. The number of fused-ring (bicyclic) bond motifs is 3. The number of nitrogens with one attached hydrogen (secondary N) is 2. The molecule has 2 aliphatic carbocycles. The minimum absolute atomic E-state index is 0.0562. The van der Waals surface area contributed by atoms with Gasteiger partial charge in [-0.3, -0.25) is 9.59 Å². The van der Waals surface area contributed by atoms with Gasteiger partial charge in [-0.15, -0.1) is 0 Å². The maximum atomic E-state index is 13.0. The number of amides is 2. The summed E-state index contributed by atoms with van der Waals surface area (Å²) in [6.45, 7) is 4.34. The van der Waals surface area contributed by atoms with E-state index >= 15 is 0 Å². The van der Waals surface area contributed by atoms with Crippen molar-refractivity contribution in [2.45, 2.75) is 51.5 Å². The van der Waals surface area contributed by atoms with E-state index in [1.54, 1.807) is 0 Å². The number of hydrogen-bond donors (Lipinski definition) is 3. The summed E-state index contributed by atoms with van der Waals surface area (Å²) in [7, 11) is 0. The highest BCUT2D eigenvalue weighted by atomic mass is 16.5. The fraction of sp³-hybridized carbons (Fsp3) is 0.464. The maximum absolute atomic E-state index is 13.0. The van der Waals surface area contributed by atoms with E-state index < -0.39 is 24.0 Å². The molecule has 2 aliphatic rings. The van der Waals surface area contributed by atoms with Crippen LogP contribution < -0.4 is 10.6 Å². The number of ether oxygens (including phenoxy) is 1. The Hall–Kier alpha value is -3.35. The van der Waals surface area contributed by atoms with Crippen molar-refractivity contribution in [2.75, 3.05) is 13.2 Å². The highest BCUT2D eigenvalue weighted by Gasteiger charge is 2.35. The van der Waals surface area contributed by atoms with Gasteiger partial charge in [0, 0.05) is 12.5 Å². The number of carboxylic acid groups (broad SMARTS) is 1. The summed E-state index contributed by atoms with van der Waals surface area (Å²) in [6, 6.07) is 15.5. The van der Waals surface area contributed by atoms with Gasteiger partial charge in [0.2, 0.25) is 5.91 Å². The van der Waals surface area contributed by atoms with Crippen LogP contribution in [0, 0.1) is 17.8 Å². The van der Waals surface area contributed by atoms with Crippen molar-refractivity contribution in [3.63, 3.8) is 0 Å². The average molecular weight is 479 g/mol. The first-order chi connectivity index (χ1) is 16.9. The van der Waals surface area contributed by atoms with Crippen LogP contribution in [0.15, 0.2) is 48.5 Å². The molecular weight excluding hydrogens is 444 g/mol. The minimum Gasteiger partial charge on any atom is -0.481 e. The second-order valence-electron chi connectivity index (χ2n) is 9.71. The lowest BCUT2D eigenvalue weighted by atomic mass is 9.95. The smallest absolute Gasteiger partial charge is 0.407 e. The van der Waals surface area contributed by atoms with Gasteiger partial charge in [0.1, 0.15) is 12.6 Å². The Morgan fingerprint density at radius 3 is 2.26 bits per heavy atom. The molecule has 1 fully saturated rings. The second kappa shape index (κ2) is 10.9. The number of benzene rings is 2. The molecule has 4 rings (SSSR count). The Labute approximate surface area is 206 Å². The van der Waals surface area contributed by atoms with Crippen LogP contribution in [0.1, 0.15) is 56.6 Å². The Morgan fingerprint density at radius 1 is 1.03 bits per heavy atom. The highest BCUT2D eigenvalue weighted by molar-refractivity contribution is 5.86. The molecule has 2 amide bonds. The zero-order chi connectivity index (χ0) is 24.9. The summed E-state index contributed by atoms with van der Waals surface area (Å²) in [5.74, 6) is -1.77. The lowest BCUT2D eigenvalue weighted by molar-refractivity contribution is -0.143. The molecule has 0 heterocycles. The van der Waals surface area contributed by atoms with Crippen molar-refractivity contribution in [1.29, 1.82) is 0 Å². The van der Waals surface area contributed by atoms with E-state index in [9.17, 15) is 19.5 Å². The SMILES string of the molecule is CC[C@H](C)[C@H](NC(=O)OCC1c2ccccc2-c2ccccc21)C(=O)NC[C@H]1CCC[C@H]1C(=O)O. The quantitative estimate of drug-likeness (QED) is 0.490. The van der Waals surface area contributed by atoms with Crippen molar-refractivity contribution in [3.05, 3.63) is 59.7 Å². The van der Waals surface area contributed by atoms with E-state index in [0.29, 0.717) is 19.4 Å². The predicted molar refractivity (Wildman–Crippen MR) is 133 cm³/mol. The van der Waals surface area contributed by atoms with Crippen LogP contribution in [-0.4, -0.2) is 42.3 Å². The standard InChI is InChI=1S/C28H34N2O5/c1-3-17(2)25(26(31)29-15-18-9-8-14-19(18)27(32)33)30-28(34)35-16-24-22-12-6-4-10-20(22)21-11-5-7-13-23(21)24/h4-7,10-13,17-19,24-25H,3,8-9,14-16H2,1-2H3,(H,29,31)(H,30,34)(H,32,33)/t17-,18+,19+,25-/m0/s1. The van der Waals surface area contributed by atoms with Crippen LogP contribution in [0.2, 0.25) is 0 Å².